The zero-order valence-electron chi connectivity index (χ0n) is 11.8. The predicted octanol–water partition coefficient (Wildman–Crippen LogP) is 4.50. The molecule has 2 aromatic rings. The first-order valence-corrected chi connectivity index (χ1v) is 7.68. The highest BCUT2D eigenvalue weighted by molar-refractivity contribution is 8.13. The first-order valence-electron chi connectivity index (χ1n) is 6.69. The van der Waals surface area contributed by atoms with E-state index in [0.717, 1.165) is 22.8 Å². The summed E-state index contributed by atoms with van der Waals surface area (Å²) >= 11 is 1.31. The van der Waals surface area contributed by atoms with Crippen molar-refractivity contribution in [2.24, 2.45) is 0 Å². The largest absolute Gasteiger partial charge is 0.457 e. The topological polar surface area (TPSA) is 26.3 Å². The van der Waals surface area contributed by atoms with Gasteiger partial charge >= 0.3 is 0 Å². The van der Waals surface area contributed by atoms with Crippen molar-refractivity contribution in [2.45, 2.75) is 13.3 Å². The maximum atomic E-state index is 10.8. The molecule has 0 aromatic heterocycles. The van der Waals surface area contributed by atoms with Crippen molar-refractivity contribution < 1.29 is 9.53 Å². The molecular formula is C18H16O2S. The van der Waals surface area contributed by atoms with Crippen molar-refractivity contribution in [3.8, 4) is 23.3 Å². The Morgan fingerprint density at radius 2 is 1.71 bits per heavy atom. The van der Waals surface area contributed by atoms with Crippen molar-refractivity contribution >= 4 is 16.9 Å². The summed E-state index contributed by atoms with van der Waals surface area (Å²) < 4.78 is 5.71. The van der Waals surface area contributed by atoms with E-state index in [4.69, 9.17) is 4.74 Å². The fourth-order valence-corrected chi connectivity index (χ4v) is 2.13. The molecule has 0 radical (unpaired) electrons. The minimum Gasteiger partial charge on any atom is -0.457 e. The first-order chi connectivity index (χ1) is 10.2. The summed E-state index contributed by atoms with van der Waals surface area (Å²) in [5, 5.41) is 0.138. The maximum Gasteiger partial charge on any atom is 0.185 e. The van der Waals surface area contributed by atoms with Gasteiger partial charge < -0.3 is 4.74 Å². The van der Waals surface area contributed by atoms with Crippen molar-refractivity contribution in [3.05, 3.63) is 60.2 Å². The van der Waals surface area contributed by atoms with Gasteiger partial charge in [-0.15, -0.1) is 0 Å². The van der Waals surface area contributed by atoms with Crippen LogP contribution < -0.4 is 4.74 Å². The molecular weight excluding hydrogens is 280 g/mol. The maximum absolute atomic E-state index is 10.8. The van der Waals surface area contributed by atoms with Crippen LogP contribution in [0, 0.1) is 11.8 Å². The molecule has 0 amide bonds. The van der Waals surface area contributed by atoms with Gasteiger partial charge in [0, 0.05) is 24.7 Å². The second-order valence-electron chi connectivity index (χ2n) is 4.33. The number of benzene rings is 2. The van der Waals surface area contributed by atoms with Gasteiger partial charge in [-0.05, 0) is 36.4 Å². The van der Waals surface area contributed by atoms with Crippen LogP contribution >= 0.6 is 11.8 Å². The molecule has 0 N–H and O–H groups in total. The number of hydrogen-bond acceptors (Lipinski definition) is 3. The van der Waals surface area contributed by atoms with Crippen LogP contribution in [0.15, 0.2) is 54.6 Å². The summed E-state index contributed by atoms with van der Waals surface area (Å²) in [7, 11) is 0. The molecule has 0 spiro atoms. The summed E-state index contributed by atoms with van der Waals surface area (Å²) in [6, 6.07) is 17.3. The van der Waals surface area contributed by atoms with Gasteiger partial charge in [0.1, 0.15) is 11.5 Å². The van der Waals surface area contributed by atoms with E-state index in [-0.39, 0.29) is 5.12 Å². The van der Waals surface area contributed by atoms with E-state index >= 15 is 0 Å². The van der Waals surface area contributed by atoms with Gasteiger partial charge in [-0.1, -0.05) is 41.8 Å². The van der Waals surface area contributed by atoms with Crippen LogP contribution in [0.2, 0.25) is 0 Å². The molecule has 0 fully saturated rings. The molecule has 0 aliphatic carbocycles. The second-order valence-corrected chi connectivity index (χ2v) is 5.60. The number of rotatable bonds is 4. The fourth-order valence-electron chi connectivity index (χ4n) is 1.64. The lowest BCUT2D eigenvalue weighted by atomic mass is 10.2. The number of thioether (sulfide) groups is 1. The van der Waals surface area contributed by atoms with E-state index < -0.39 is 0 Å². The van der Waals surface area contributed by atoms with E-state index in [1.54, 1.807) is 6.92 Å². The Morgan fingerprint density at radius 1 is 1.05 bits per heavy atom. The third-order valence-electron chi connectivity index (χ3n) is 2.60. The summed E-state index contributed by atoms with van der Waals surface area (Å²) in [6.45, 7) is 1.57. The zero-order chi connectivity index (χ0) is 14.9. The average Bonchev–Trinajstić information content (AvgIpc) is 2.49. The van der Waals surface area contributed by atoms with Crippen LogP contribution in [-0.2, 0) is 4.79 Å². The average molecular weight is 296 g/mol. The monoisotopic (exact) mass is 296 g/mol. The van der Waals surface area contributed by atoms with Gasteiger partial charge in [-0.3, -0.25) is 4.79 Å². The molecule has 21 heavy (non-hydrogen) atoms. The first kappa shape index (κ1) is 15.2. The lowest BCUT2D eigenvalue weighted by Crippen LogP contribution is -1.85. The standard InChI is InChI=1S/C18H16O2S/c1-15(19)21-14-6-5-7-16-10-12-18(13-11-16)20-17-8-3-2-4-9-17/h2-4,8-13H,6,14H2,1H3. The highest BCUT2D eigenvalue weighted by atomic mass is 32.2. The van der Waals surface area contributed by atoms with Crippen molar-refractivity contribution in [1.29, 1.82) is 0 Å². The van der Waals surface area contributed by atoms with Crippen LogP contribution in [0.25, 0.3) is 0 Å². The van der Waals surface area contributed by atoms with Gasteiger partial charge in [0.05, 0.1) is 0 Å². The number of carbonyl (C=O) groups excluding carboxylic acids is 1. The molecule has 2 nitrogen and oxygen atoms in total. The lowest BCUT2D eigenvalue weighted by Gasteiger charge is -2.04. The Labute approximate surface area is 129 Å². The van der Waals surface area contributed by atoms with E-state index in [1.807, 2.05) is 54.6 Å². The second kappa shape index (κ2) is 8.18. The van der Waals surface area contributed by atoms with Crippen LogP contribution in [0.5, 0.6) is 11.5 Å². The lowest BCUT2D eigenvalue weighted by molar-refractivity contribution is -0.109. The number of carbonyl (C=O) groups is 1. The predicted molar refractivity (Wildman–Crippen MR) is 87.6 cm³/mol. The van der Waals surface area contributed by atoms with Crippen LogP contribution in [-0.4, -0.2) is 10.9 Å². The summed E-state index contributed by atoms with van der Waals surface area (Å²) in [5.74, 6) is 8.50. The Morgan fingerprint density at radius 3 is 2.38 bits per heavy atom. The zero-order valence-corrected chi connectivity index (χ0v) is 12.7. The fraction of sp³-hybridized carbons (Fsp3) is 0.167. The molecule has 0 unspecified atom stereocenters. The van der Waals surface area contributed by atoms with Gasteiger partial charge in [0.15, 0.2) is 5.12 Å². The van der Waals surface area contributed by atoms with Gasteiger partial charge in [-0.25, -0.2) is 0 Å². The SMILES string of the molecule is CC(=O)SCCC#Cc1ccc(Oc2ccccc2)cc1. The minimum absolute atomic E-state index is 0.138. The van der Waals surface area contributed by atoms with Gasteiger partial charge in [-0.2, -0.15) is 0 Å². The van der Waals surface area contributed by atoms with Crippen molar-refractivity contribution in [3.63, 3.8) is 0 Å². The van der Waals surface area contributed by atoms with E-state index in [9.17, 15) is 4.79 Å². The van der Waals surface area contributed by atoms with E-state index in [2.05, 4.69) is 11.8 Å². The third-order valence-corrected chi connectivity index (χ3v) is 3.41. The Bertz CT molecular complexity index is 636. The van der Waals surface area contributed by atoms with Gasteiger partial charge in [0.25, 0.3) is 0 Å². The molecule has 0 bridgehead atoms. The number of hydrogen-bond donors (Lipinski definition) is 0. The molecule has 2 rings (SSSR count). The molecule has 0 saturated heterocycles. The van der Waals surface area contributed by atoms with Crippen LogP contribution in [0.3, 0.4) is 0 Å². The van der Waals surface area contributed by atoms with E-state index in [1.165, 1.54) is 11.8 Å². The van der Waals surface area contributed by atoms with E-state index in [0.29, 0.717) is 6.42 Å². The molecule has 0 aliphatic heterocycles. The molecule has 2 aromatic carbocycles. The Kier molecular flexibility index (Phi) is 5.93. The Hall–Kier alpha value is -2.18. The highest BCUT2D eigenvalue weighted by Gasteiger charge is 1.96. The normalized spacial score (nSPS) is 9.57. The number of para-hydroxylation sites is 1. The molecule has 0 saturated carbocycles. The quantitative estimate of drug-likeness (QED) is 0.614. The van der Waals surface area contributed by atoms with Gasteiger partial charge in [0.2, 0.25) is 0 Å². The molecule has 0 aliphatic rings. The van der Waals surface area contributed by atoms with Crippen LogP contribution in [0.1, 0.15) is 18.9 Å². The molecule has 3 heteroatoms. The summed E-state index contributed by atoms with van der Waals surface area (Å²) in [4.78, 5) is 10.8. The van der Waals surface area contributed by atoms with Crippen LogP contribution in [0.4, 0.5) is 0 Å². The summed E-state index contributed by atoms with van der Waals surface area (Å²) in [5.41, 5.74) is 0.947. The molecule has 0 heterocycles. The highest BCUT2D eigenvalue weighted by Crippen LogP contribution is 2.20. The molecule has 106 valence electrons. The molecule has 0 atom stereocenters. The van der Waals surface area contributed by atoms with Crippen molar-refractivity contribution in [2.75, 3.05) is 5.75 Å². The smallest absolute Gasteiger partial charge is 0.185 e. The summed E-state index contributed by atoms with van der Waals surface area (Å²) in [6.07, 6.45) is 0.715. The van der Waals surface area contributed by atoms with Crippen molar-refractivity contribution in [1.82, 2.24) is 0 Å². The Balaban J connectivity index is 1.87. The number of ether oxygens (including phenoxy) is 1. The third kappa shape index (κ3) is 5.76. The minimum atomic E-state index is 0.138.